The number of amides is 2. The van der Waals surface area contributed by atoms with E-state index in [9.17, 15) is 45.5 Å². The number of hydrogen-bond donors (Lipinski definition) is 2. The van der Waals surface area contributed by atoms with Crippen LogP contribution in [0.3, 0.4) is 0 Å². The second-order valence-corrected chi connectivity index (χ2v) is 13.5. The van der Waals surface area contributed by atoms with Crippen LogP contribution >= 0.6 is 45.2 Å². The predicted molar refractivity (Wildman–Crippen MR) is 191 cm³/mol. The van der Waals surface area contributed by atoms with Crippen molar-refractivity contribution in [2.45, 2.75) is 26.2 Å². The Morgan fingerprint density at radius 3 is 1.38 bits per heavy atom. The highest BCUT2D eigenvalue weighted by Crippen LogP contribution is 2.31. The molecule has 0 atom stereocenters. The van der Waals surface area contributed by atoms with Crippen LogP contribution in [0.2, 0.25) is 0 Å². The van der Waals surface area contributed by atoms with Crippen molar-refractivity contribution in [3.8, 4) is 11.4 Å². The fourth-order valence-electron chi connectivity index (χ4n) is 4.96. The van der Waals surface area contributed by atoms with Crippen LogP contribution < -0.4 is 21.8 Å². The first kappa shape index (κ1) is 39.1. The number of likely N-dealkylation sites (N-methyl/N-ethyl adjacent to an activating group) is 1. The number of aromatic nitrogens is 2. The van der Waals surface area contributed by atoms with Gasteiger partial charge < -0.3 is 15.5 Å². The van der Waals surface area contributed by atoms with Crippen molar-refractivity contribution in [2.75, 3.05) is 33.2 Å². The van der Waals surface area contributed by atoms with Gasteiger partial charge in [0.25, 0.3) is 22.9 Å². The smallest absolute Gasteiger partial charge is 0.351 e. The first-order valence-electron chi connectivity index (χ1n) is 14.8. The van der Waals surface area contributed by atoms with Gasteiger partial charge in [-0.2, -0.15) is 26.3 Å². The van der Waals surface area contributed by atoms with E-state index in [4.69, 9.17) is 0 Å². The minimum atomic E-state index is -4.62. The average Bonchev–Trinajstić information content (AvgIpc) is 3.04. The molecule has 0 saturated carbocycles. The number of nitrogens with zero attached hydrogens (tertiary/aromatic N) is 3. The molecule has 2 heterocycles. The van der Waals surface area contributed by atoms with E-state index < -0.39 is 46.4 Å². The molecule has 4 aromatic rings. The highest BCUT2D eigenvalue weighted by Gasteiger charge is 2.32. The standard InChI is InChI=1S/C33H29F6I2N5O4/c1-18-26(40)16-24(30(49)45(18)22-8-4-6-20(14-22)32(34,35)36)28(47)42-10-12-44(3)13-11-43-29(48)25-17-27(41)19(2)46(31(25)50)23-9-5-7-21(15-23)33(37,38)39/h4-9,14-17H,10-13H2,1-3H3,(H,42,47)(H,43,48). The van der Waals surface area contributed by atoms with Crippen molar-refractivity contribution < 1.29 is 35.9 Å². The molecule has 2 amide bonds. The number of carbonyl (C=O) groups excluding carboxylic acids is 2. The third-order valence-corrected chi connectivity index (χ3v) is 9.87. The van der Waals surface area contributed by atoms with Crippen LogP contribution in [-0.2, 0) is 12.4 Å². The van der Waals surface area contributed by atoms with Gasteiger partial charge in [0.2, 0.25) is 0 Å². The summed E-state index contributed by atoms with van der Waals surface area (Å²) in [4.78, 5) is 54.3. The van der Waals surface area contributed by atoms with Gasteiger partial charge in [-0.15, -0.1) is 0 Å². The largest absolute Gasteiger partial charge is 0.416 e. The first-order chi connectivity index (χ1) is 23.3. The van der Waals surface area contributed by atoms with Gasteiger partial charge >= 0.3 is 12.4 Å². The Morgan fingerprint density at radius 1 is 0.680 bits per heavy atom. The van der Waals surface area contributed by atoms with Crippen LogP contribution in [0.4, 0.5) is 26.3 Å². The normalized spacial score (nSPS) is 11.9. The lowest BCUT2D eigenvalue weighted by molar-refractivity contribution is -0.138. The zero-order valence-electron chi connectivity index (χ0n) is 26.6. The Kier molecular flexibility index (Phi) is 12.2. The summed E-state index contributed by atoms with van der Waals surface area (Å²) in [6.45, 7) is 3.83. The Labute approximate surface area is 308 Å². The van der Waals surface area contributed by atoms with Crippen LogP contribution in [-0.4, -0.2) is 59.1 Å². The van der Waals surface area contributed by atoms with E-state index in [1.165, 1.54) is 36.4 Å². The highest BCUT2D eigenvalue weighted by atomic mass is 127. The number of pyridine rings is 2. The molecular weight excluding hydrogens is 898 g/mol. The number of alkyl halides is 6. The number of hydrogen-bond acceptors (Lipinski definition) is 5. The number of halogens is 8. The van der Waals surface area contributed by atoms with Gasteiger partial charge in [-0.05, 0) is 115 Å². The maximum Gasteiger partial charge on any atom is 0.416 e. The monoisotopic (exact) mass is 927 g/mol. The minimum absolute atomic E-state index is 0.0356. The molecule has 17 heteroatoms. The van der Waals surface area contributed by atoms with E-state index >= 15 is 0 Å². The summed E-state index contributed by atoms with van der Waals surface area (Å²) >= 11 is 3.79. The van der Waals surface area contributed by atoms with Crippen LogP contribution in [0.5, 0.6) is 0 Å². The van der Waals surface area contributed by atoms with E-state index in [2.05, 4.69) is 10.6 Å². The molecule has 0 aliphatic rings. The van der Waals surface area contributed by atoms with Crippen LogP contribution in [0, 0.1) is 21.0 Å². The van der Waals surface area contributed by atoms with Crippen LogP contribution in [0.15, 0.2) is 70.3 Å². The zero-order chi connectivity index (χ0) is 37.1. The molecule has 266 valence electrons. The molecular formula is C33H29F6I2N5O4. The molecule has 2 aromatic carbocycles. The van der Waals surface area contributed by atoms with Crippen molar-refractivity contribution in [1.29, 1.82) is 0 Å². The Hall–Kier alpha value is -3.72. The summed E-state index contributed by atoms with van der Waals surface area (Å²) in [5, 5.41) is 5.26. The molecule has 0 aliphatic carbocycles. The summed E-state index contributed by atoms with van der Waals surface area (Å²) in [6, 6.07) is 11.2. The predicted octanol–water partition coefficient (Wildman–Crippen LogP) is 5.94. The summed E-state index contributed by atoms with van der Waals surface area (Å²) in [5.41, 5.74) is -3.30. The molecule has 0 unspecified atom stereocenters. The van der Waals surface area contributed by atoms with Crippen molar-refractivity contribution in [2.24, 2.45) is 0 Å². The lowest BCUT2D eigenvalue weighted by Crippen LogP contribution is -2.40. The molecule has 0 saturated heterocycles. The molecule has 0 spiro atoms. The molecule has 0 aliphatic heterocycles. The van der Waals surface area contributed by atoms with E-state index in [1.54, 1.807) is 25.8 Å². The lowest BCUT2D eigenvalue weighted by atomic mass is 10.1. The lowest BCUT2D eigenvalue weighted by Gasteiger charge is -2.18. The molecule has 2 N–H and O–H groups in total. The SMILES string of the molecule is Cc1c(I)cc(C(=O)NCCN(C)CCNC(=O)c2cc(I)c(C)n(-c3cccc(C(F)(F)F)c3)c2=O)c(=O)n1-c1cccc(C(F)(F)F)c1. The fourth-order valence-corrected chi connectivity index (χ4v) is 6.06. The molecule has 50 heavy (non-hydrogen) atoms. The summed E-state index contributed by atoms with van der Waals surface area (Å²) in [6.07, 6.45) is -9.25. The summed E-state index contributed by atoms with van der Waals surface area (Å²) < 4.78 is 82.9. The minimum Gasteiger partial charge on any atom is -0.351 e. The number of carbonyl (C=O) groups is 2. The van der Waals surface area contributed by atoms with E-state index in [-0.39, 0.29) is 48.7 Å². The first-order valence-corrected chi connectivity index (χ1v) is 16.9. The van der Waals surface area contributed by atoms with Gasteiger partial charge in [0.1, 0.15) is 11.1 Å². The summed E-state index contributed by atoms with van der Waals surface area (Å²) in [7, 11) is 1.70. The number of benzene rings is 2. The van der Waals surface area contributed by atoms with Gasteiger partial charge in [0, 0.05) is 56.1 Å². The third-order valence-electron chi connectivity index (χ3n) is 7.68. The topological polar surface area (TPSA) is 105 Å². The maximum absolute atomic E-state index is 13.3. The number of nitrogens with one attached hydrogen (secondary N) is 2. The van der Waals surface area contributed by atoms with Gasteiger partial charge in [0.15, 0.2) is 0 Å². The Balaban J connectivity index is 1.38. The third kappa shape index (κ3) is 8.95. The van der Waals surface area contributed by atoms with Gasteiger partial charge in [-0.1, -0.05) is 12.1 Å². The highest BCUT2D eigenvalue weighted by molar-refractivity contribution is 14.1. The van der Waals surface area contributed by atoms with E-state index in [0.29, 0.717) is 18.5 Å². The zero-order valence-corrected chi connectivity index (χ0v) is 30.9. The second kappa shape index (κ2) is 15.7. The van der Waals surface area contributed by atoms with Gasteiger partial charge in [0.05, 0.1) is 11.1 Å². The van der Waals surface area contributed by atoms with Crippen molar-refractivity contribution in [3.63, 3.8) is 0 Å². The fraction of sp³-hybridized carbons (Fsp3) is 0.273. The van der Waals surface area contributed by atoms with Crippen molar-refractivity contribution >= 4 is 57.0 Å². The van der Waals surface area contributed by atoms with Gasteiger partial charge in [-0.3, -0.25) is 28.3 Å². The second-order valence-electron chi connectivity index (χ2n) is 11.2. The maximum atomic E-state index is 13.3. The van der Waals surface area contributed by atoms with Gasteiger partial charge in [-0.25, -0.2) is 0 Å². The average molecular weight is 927 g/mol. The van der Waals surface area contributed by atoms with Crippen LogP contribution in [0.25, 0.3) is 11.4 Å². The molecule has 0 radical (unpaired) electrons. The van der Waals surface area contributed by atoms with E-state index in [1.807, 2.05) is 45.2 Å². The van der Waals surface area contributed by atoms with Crippen molar-refractivity contribution in [1.82, 2.24) is 24.7 Å². The molecule has 0 fully saturated rings. The van der Waals surface area contributed by atoms with E-state index in [0.717, 1.165) is 33.4 Å². The van der Waals surface area contributed by atoms with Crippen molar-refractivity contribution in [3.05, 3.63) is 122 Å². The molecule has 4 rings (SSSR count). The summed E-state index contributed by atoms with van der Waals surface area (Å²) in [5.74, 6) is -1.44. The molecule has 0 bridgehead atoms. The number of rotatable bonds is 10. The Bertz CT molecular complexity index is 1920. The van der Waals surface area contributed by atoms with Crippen LogP contribution in [0.1, 0.15) is 43.2 Å². The quantitative estimate of drug-likeness (QED) is 0.152. The molecule has 2 aromatic heterocycles. The molecule has 9 nitrogen and oxygen atoms in total. The Morgan fingerprint density at radius 2 is 1.04 bits per heavy atom.